The van der Waals surface area contributed by atoms with E-state index in [1.165, 1.54) is 12.1 Å². The predicted octanol–water partition coefficient (Wildman–Crippen LogP) is 2.97. The molecule has 0 aliphatic carbocycles. The van der Waals surface area contributed by atoms with E-state index in [0.717, 1.165) is 5.56 Å². The fourth-order valence-corrected chi connectivity index (χ4v) is 1.28. The molecule has 0 radical (unpaired) electrons. The Kier molecular flexibility index (Phi) is 3.88. The molecule has 1 aromatic carbocycles. The highest BCUT2D eigenvalue weighted by Crippen LogP contribution is 2.22. The van der Waals surface area contributed by atoms with Crippen LogP contribution in [0, 0.1) is 5.82 Å². The van der Waals surface area contributed by atoms with Crippen LogP contribution in [0.25, 0.3) is 11.3 Å². The molecule has 0 saturated heterocycles. The molecule has 0 aliphatic heterocycles. The van der Waals surface area contributed by atoms with Gasteiger partial charge in [-0.3, -0.25) is 0 Å². The number of hydrogen-bond acceptors (Lipinski definition) is 2. The number of hydrogen-bond donors (Lipinski definition) is 1. The van der Waals surface area contributed by atoms with Gasteiger partial charge < -0.3 is 10.2 Å². The highest BCUT2D eigenvalue weighted by Gasteiger charge is 2.03. The van der Waals surface area contributed by atoms with Gasteiger partial charge in [0.25, 0.3) is 0 Å². The van der Waals surface area contributed by atoms with Gasteiger partial charge in [-0.2, -0.15) is 0 Å². The second-order valence-electron chi connectivity index (χ2n) is 2.98. The minimum Gasteiger partial charge on any atom is -0.460 e. The van der Waals surface area contributed by atoms with Gasteiger partial charge in [0.1, 0.15) is 17.3 Å². The summed E-state index contributed by atoms with van der Waals surface area (Å²) in [4.78, 5) is 0. The molecule has 2 rings (SSSR count). The topological polar surface area (TPSA) is 39.2 Å². The Bertz CT molecular complexity index is 442. The zero-order chi connectivity index (χ0) is 9.97. The van der Waals surface area contributed by atoms with Crippen molar-refractivity contribution in [2.24, 2.45) is 5.73 Å². The molecular formula is C11H11ClFNO. The van der Waals surface area contributed by atoms with Gasteiger partial charge >= 0.3 is 0 Å². The summed E-state index contributed by atoms with van der Waals surface area (Å²) in [5, 5.41) is 0. The molecule has 15 heavy (non-hydrogen) atoms. The Hall–Kier alpha value is -1.32. The average molecular weight is 228 g/mol. The summed E-state index contributed by atoms with van der Waals surface area (Å²) in [6.45, 7) is 0.356. The zero-order valence-corrected chi connectivity index (χ0v) is 8.76. The van der Waals surface area contributed by atoms with E-state index in [1.54, 1.807) is 24.3 Å². The Balaban J connectivity index is 0.00000112. The molecule has 0 fully saturated rings. The average Bonchev–Trinajstić information content (AvgIpc) is 2.66. The van der Waals surface area contributed by atoms with Crippen molar-refractivity contribution >= 4 is 12.4 Å². The highest BCUT2D eigenvalue weighted by atomic mass is 35.5. The van der Waals surface area contributed by atoms with Crippen molar-refractivity contribution in [3.05, 3.63) is 48.0 Å². The zero-order valence-electron chi connectivity index (χ0n) is 7.94. The first-order chi connectivity index (χ1) is 6.79. The molecule has 80 valence electrons. The Labute approximate surface area is 93.3 Å². The van der Waals surface area contributed by atoms with Crippen LogP contribution in [0.15, 0.2) is 40.8 Å². The maximum Gasteiger partial charge on any atom is 0.134 e. The standard InChI is InChI=1S/C11H10FNO.ClH/c12-9-3-1-2-8(6-9)11-5-4-10(7-13)14-11;/h1-6H,7,13H2;1H. The summed E-state index contributed by atoms with van der Waals surface area (Å²) in [5.41, 5.74) is 6.13. The first kappa shape index (κ1) is 11.8. The van der Waals surface area contributed by atoms with Crippen LogP contribution in [0.3, 0.4) is 0 Å². The molecular weight excluding hydrogens is 217 g/mol. The van der Waals surface area contributed by atoms with Crippen LogP contribution >= 0.6 is 12.4 Å². The predicted molar refractivity (Wildman–Crippen MR) is 59.2 cm³/mol. The summed E-state index contributed by atoms with van der Waals surface area (Å²) in [5.74, 6) is 1.07. The molecule has 0 saturated carbocycles. The van der Waals surface area contributed by atoms with Crippen molar-refractivity contribution in [2.75, 3.05) is 0 Å². The largest absolute Gasteiger partial charge is 0.460 e. The van der Waals surface area contributed by atoms with Crippen LogP contribution in [-0.2, 0) is 6.54 Å². The van der Waals surface area contributed by atoms with Crippen molar-refractivity contribution in [1.29, 1.82) is 0 Å². The van der Waals surface area contributed by atoms with Gasteiger partial charge in [-0.15, -0.1) is 12.4 Å². The van der Waals surface area contributed by atoms with E-state index in [2.05, 4.69) is 0 Å². The molecule has 0 aliphatic rings. The van der Waals surface area contributed by atoms with Crippen molar-refractivity contribution in [1.82, 2.24) is 0 Å². The van der Waals surface area contributed by atoms with Crippen LogP contribution in [-0.4, -0.2) is 0 Å². The second kappa shape index (κ2) is 4.96. The molecule has 0 unspecified atom stereocenters. The van der Waals surface area contributed by atoms with Crippen LogP contribution in [0.2, 0.25) is 0 Å². The molecule has 2 aromatic rings. The van der Waals surface area contributed by atoms with Gasteiger partial charge in [-0.25, -0.2) is 4.39 Å². The van der Waals surface area contributed by atoms with Crippen molar-refractivity contribution in [2.45, 2.75) is 6.54 Å². The van der Waals surface area contributed by atoms with Gasteiger partial charge in [0.2, 0.25) is 0 Å². The smallest absolute Gasteiger partial charge is 0.134 e. The van der Waals surface area contributed by atoms with E-state index in [4.69, 9.17) is 10.2 Å². The lowest BCUT2D eigenvalue weighted by Gasteiger charge is -1.96. The Morgan fingerprint density at radius 3 is 2.60 bits per heavy atom. The van der Waals surface area contributed by atoms with E-state index >= 15 is 0 Å². The summed E-state index contributed by atoms with van der Waals surface area (Å²) in [6.07, 6.45) is 0. The van der Waals surface area contributed by atoms with Gasteiger partial charge in [0, 0.05) is 5.56 Å². The molecule has 4 heteroatoms. The Morgan fingerprint density at radius 2 is 2.00 bits per heavy atom. The molecule has 0 spiro atoms. The minimum atomic E-state index is -0.270. The summed E-state index contributed by atoms with van der Waals surface area (Å²) in [7, 11) is 0. The monoisotopic (exact) mass is 227 g/mol. The van der Waals surface area contributed by atoms with Gasteiger partial charge in [0.05, 0.1) is 6.54 Å². The summed E-state index contributed by atoms with van der Waals surface area (Å²) in [6, 6.07) is 9.85. The normalized spacial score (nSPS) is 9.73. The third kappa shape index (κ3) is 2.58. The SMILES string of the molecule is Cl.NCc1ccc(-c2cccc(F)c2)o1. The fourth-order valence-electron chi connectivity index (χ4n) is 1.28. The number of benzene rings is 1. The van der Waals surface area contributed by atoms with E-state index in [1.807, 2.05) is 0 Å². The lowest BCUT2D eigenvalue weighted by Crippen LogP contribution is -1.92. The summed E-state index contributed by atoms with van der Waals surface area (Å²) < 4.78 is 18.3. The first-order valence-electron chi connectivity index (χ1n) is 4.34. The second-order valence-corrected chi connectivity index (χ2v) is 2.98. The van der Waals surface area contributed by atoms with Crippen molar-refractivity contribution in [3.63, 3.8) is 0 Å². The maximum absolute atomic E-state index is 12.9. The van der Waals surface area contributed by atoms with Crippen LogP contribution in [0.4, 0.5) is 4.39 Å². The molecule has 0 atom stereocenters. The van der Waals surface area contributed by atoms with Gasteiger partial charge in [-0.05, 0) is 24.3 Å². The molecule has 2 N–H and O–H groups in total. The third-order valence-electron chi connectivity index (χ3n) is 1.97. The van der Waals surface area contributed by atoms with E-state index in [-0.39, 0.29) is 18.2 Å². The van der Waals surface area contributed by atoms with Crippen LogP contribution < -0.4 is 5.73 Å². The highest BCUT2D eigenvalue weighted by molar-refractivity contribution is 5.85. The summed E-state index contributed by atoms with van der Waals surface area (Å²) >= 11 is 0. The van der Waals surface area contributed by atoms with Crippen molar-refractivity contribution in [3.8, 4) is 11.3 Å². The quantitative estimate of drug-likeness (QED) is 0.857. The third-order valence-corrected chi connectivity index (χ3v) is 1.97. The molecule has 1 heterocycles. The lowest BCUT2D eigenvalue weighted by atomic mass is 10.2. The van der Waals surface area contributed by atoms with Crippen LogP contribution in [0.5, 0.6) is 0 Å². The maximum atomic E-state index is 12.9. The van der Waals surface area contributed by atoms with Crippen LogP contribution in [0.1, 0.15) is 5.76 Å². The minimum absolute atomic E-state index is 0. The van der Waals surface area contributed by atoms with Gasteiger partial charge in [-0.1, -0.05) is 12.1 Å². The van der Waals surface area contributed by atoms with Crippen molar-refractivity contribution < 1.29 is 8.81 Å². The first-order valence-corrected chi connectivity index (χ1v) is 4.34. The molecule has 0 amide bonds. The Morgan fingerprint density at radius 1 is 1.20 bits per heavy atom. The number of nitrogens with two attached hydrogens (primary N) is 1. The lowest BCUT2D eigenvalue weighted by molar-refractivity contribution is 0.524. The fraction of sp³-hybridized carbons (Fsp3) is 0.0909. The molecule has 2 nitrogen and oxygen atoms in total. The number of halogens is 2. The van der Waals surface area contributed by atoms with Gasteiger partial charge in [0.15, 0.2) is 0 Å². The number of furan rings is 1. The van der Waals surface area contributed by atoms with E-state index in [9.17, 15) is 4.39 Å². The van der Waals surface area contributed by atoms with E-state index in [0.29, 0.717) is 18.1 Å². The molecule has 0 bridgehead atoms. The molecule has 1 aromatic heterocycles. The van der Waals surface area contributed by atoms with E-state index < -0.39 is 0 Å². The number of rotatable bonds is 2.